The Bertz CT molecular complexity index is 1200. The molecule has 164 valence electrons. The molecule has 0 aromatic carbocycles. The topological polar surface area (TPSA) is 72.2 Å². The molecule has 0 saturated carbocycles. The van der Waals surface area contributed by atoms with Gasteiger partial charge < -0.3 is 9.72 Å². The molecular weight excluding hydrogens is 428 g/mol. The van der Waals surface area contributed by atoms with Gasteiger partial charge in [-0.25, -0.2) is 19.3 Å². The summed E-state index contributed by atoms with van der Waals surface area (Å²) in [5.74, 6) is -5.90. The van der Waals surface area contributed by atoms with E-state index >= 15 is 0 Å². The predicted molar refractivity (Wildman–Crippen MR) is 97.2 cm³/mol. The van der Waals surface area contributed by atoms with Gasteiger partial charge in [-0.2, -0.15) is 22.0 Å². The quantitative estimate of drug-likeness (QED) is 0.611. The Balaban J connectivity index is 1.77. The minimum absolute atomic E-state index is 0.00897. The summed E-state index contributed by atoms with van der Waals surface area (Å²) < 4.78 is 79.1. The highest BCUT2D eigenvalue weighted by Gasteiger charge is 2.56. The smallest absolute Gasteiger partial charge is 0.310 e. The molecule has 3 aromatic rings. The molecular formula is C19H15F6N5O. The van der Waals surface area contributed by atoms with Crippen LogP contribution in [0.2, 0.25) is 0 Å². The average Bonchev–Trinajstić information content (AvgIpc) is 3.13. The fourth-order valence-electron chi connectivity index (χ4n) is 3.31. The molecule has 31 heavy (non-hydrogen) atoms. The molecule has 0 bridgehead atoms. The van der Waals surface area contributed by atoms with Crippen molar-refractivity contribution < 1.29 is 31.1 Å². The molecule has 12 heteroatoms. The van der Waals surface area contributed by atoms with Crippen molar-refractivity contribution in [3.63, 3.8) is 0 Å². The molecule has 3 aromatic heterocycles. The molecule has 0 atom stereocenters. The second kappa shape index (κ2) is 6.66. The third kappa shape index (κ3) is 3.39. The van der Waals surface area contributed by atoms with Gasteiger partial charge in [0, 0.05) is 30.8 Å². The number of aryl methyl sites for hydroxylation is 1. The number of halogens is 6. The summed E-state index contributed by atoms with van der Waals surface area (Å²) in [7, 11) is 0. The largest absolute Gasteiger partial charge is 0.453 e. The maximum absolute atomic E-state index is 13.7. The van der Waals surface area contributed by atoms with Gasteiger partial charge in [0.1, 0.15) is 23.2 Å². The summed E-state index contributed by atoms with van der Waals surface area (Å²) in [6.45, 7) is 3.37. The van der Waals surface area contributed by atoms with Gasteiger partial charge in [-0.1, -0.05) is 0 Å². The highest BCUT2D eigenvalue weighted by Crippen LogP contribution is 2.39. The van der Waals surface area contributed by atoms with Gasteiger partial charge >= 0.3 is 12.1 Å². The van der Waals surface area contributed by atoms with E-state index in [0.29, 0.717) is 5.56 Å². The summed E-state index contributed by atoms with van der Waals surface area (Å²) in [5, 5.41) is 2.61. The van der Waals surface area contributed by atoms with Gasteiger partial charge in [0.15, 0.2) is 5.82 Å². The van der Waals surface area contributed by atoms with Gasteiger partial charge in [-0.3, -0.25) is 4.79 Å². The van der Waals surface area contributed by atoms with E-state index in [-0.39, 0.29) is 34.6 Å². The molecule has 0 fully saturated rings. The number of carbonyl (C=O) groups is 1. The molecule has 0 unspecified atom stereocenters. The molecule has 1 aliphatic heterocycles. The van der Waals surface area contributed by atoms with Crippen LogP contribution in [0.5, 0.6) is 0 Å². The van der Waals surface area contributed by atoms with Crippen LogP contribution in [0.15, 0.2) is 24.5 Å². The number of rotatable bonds is 4. The number of pyridine rings is 1. The molecule has 6 nitrogen and oxygen atoms in total. The van der Waals surface area contributed by atoms with Crippen LogP contribution in [0.4, 0.5) is 32.2 Å². The summed E-state index contributed by atoms with van der Waals surface area (Å²) in [4.78, 5) is 24.7. The predicted octanol–water partition coefficient (Wildman–Crippen LogP) is 4.29. The van der Waals surface area contributed by atoms with E-state index in [2.05, 4.69) is 20.3 Å². The highest BCUT2D eigenvalue weighted by molar-refractivity contribution is 6.04. The second-order valence-corrected chi connectivity index (χ2v) is 7.72. The van der Waals surface area contributed by atoms with Crippen LogP contribution < -0.4 is 5.32 Å². The van der Waals surface area contributed by atoms with E-state index in [1.807, 2.05) is 0 Å². The maximum Gasteiger partial charge on any atom is 0.453 e. The number of alkyl halides is 5. The van der Waals surface area contributed by atoms with Crippen LogP contribution in [0.3, 0.4) is 0 Å². The highest BCUT2D eigenvalue weighted by atomic mass is 19.4. The molecule has 1 aliphatic rings. The summed E-state index contributed by atoms with van der Waals surface area (Å²) in [6, 6.07) is 2.38. The molecule has 4 rings (SSSR count). The van der Waals surface area contributed by atoms with Crippen LogP contribution in [-0.4, -0.2) is 37.4 Å². The summed E-state index contributed by atoms with van der Waals surface area (Å²) >= 11 is 0. The fourth-order valence-corrected chi connectivity index (χ4v) is 3.31. The van der Waals surface area contributed by atoms with Crippen molar-refractivity contribution in [2.24, 2.45) is 0 Å². The number of aromatic nitrogens is 4. The Hall–Kier alpha value is -3.18. The number of hydrogen-bond donors (Lipinski definition) is 1. The van der Waals surface area contributed by atoms with Crippen molar-refractivity contribution in [2.45, 2.75) is 44.2 Å². The molecule has 4 heterocycles. The first-order chi connectivity index (χ1) is 14.3. The molecule has 0 spiro atoms. The molecule has 0 saturated heterocycles. The first kappa shape index (κ1) is 21.1. The van der Waals surface area contributed by atoms with E-state index in [1.165, 1.54) is 12.3 Å². The van der Waals surface area contributed by atoms with E-state index in [0.717, 1.165) is 16.7 Å². The fraction of sp³-hybridized carbons (Fsp3) is 0.368. The minimum Gasteiger partial charge on any atom is -0.310 e. The lowest BCUT2D eigenvalue weighted by Gasteiger charge is -2.18. The number of fused-ring (bicyclic) bond motifs is 2. The number of imidazole rings is 1. The lowest BCUT2D eigenvalue weighted by molar-refractivity contribution is -0.284. The van der Waals surface area contributed by atoms with E-state index in [4.69, 9.17) is 0 Å². The van der Waals surface area contributed by atoms with Gasteiger partial charge in [-0.15, -0.1) is 0 Å². The Kier molecular flexibility index (Phi) is 4.53. The van der Waals surface area contributed by atoms with Crippen LogP contribution in [0.1, 0.15) is 31.7 Å². The van der Waals surface area contributed by atoms with Gasteiger partial charge in [0.05, 0.1) is 10.9 Å². The summed E-state index contributed by atoms with van der Waals surface area (Å²) in [5.41, 5.74) is -0.0371. The zero-order chi connectivity index (χ0) is 22.8. The molecule has 1 amide bonds. The van der Waals surface area contributed by atoms with Crippen molar-refractivity contribution in [3.8, 4) is 11.5 Å². The van der Waals surface area contributed by atoms with Gasteiger partial charge in [-0.05, 0) is 26.0 Å². The van der Waals surface area contributed by atoms with Crippen molar-refractivity contribution >= 4 is 17.2 Å². The van der Waals surface area contributed by atoms with Crippen molar-refractivity contribution in [1.29, 1.82) is 0 Å². The van der Waals surface area contributed by atoms with E-state index < -0.39 is 36.2 Å². The van der Waals surface area contributed by atoms with Crippen LogP contribution in [-0.2, 0) is 16.6 Å². The zero-order valence-electron chi connectivity index (χ0n) is 16.2. The third-order valence-electron chi connectivity index (χ3n) is 5.22. The lowest BCUT2D eigenvalue weighted by atomic mass is 9.88. The second-order valence-electron chi connectivity index (χ2n) is 7.72. The molecule has 0 radical (unpaired) electrons. The monoisotopic (exact) mass is 443 g/mol. The Morgan fingerprint density at radius 3 is 2.52 bits per heavy atom. The number of nitrogens with zero attached hydrogens (tertiary/aromatic N) is 4. The third-order valence-corrected chi connectivity index (χ3v) is 5.22. The number of amides is 1. The first-order valence-electron chi connectivity index (χ1n) is 9.11. The normalized spacial score (nSPS) is 15.9. The Morgan fingerprint density at radius 1 is 1.13 bits per heavy atom. The maximum atomic E-state index is 13.7. The van der Waals surface area contributed by atoms with Gasteiger partial charge in [0.2, 0.25) is 5.91 Å². The van der Waals surface area contributed by atoms with Crippen molar-refractivity contribution in [3.05, 3.63) is 41.7 Å². The Labute approximate surface area is 171 Å². The van der Waals surface area contributed by atoms with E-state index in [9.17, 15) is 31.1 Å². The zero-order valence-corrected chi connectivity index (χ0v) is 16.2. The van der Waals surface area contributed by atoms with Gasteiger partial charge in [0.25, 0.3) is 0 Å². The average molecular weight is 443 g/mol. The lowest BCUT2D eigenvalue weighted by Crippen LogP contribution is -2.36. The summed E-state index contributed by atoms with van der Waals surface area (Å²) in [6.07, 6.45) is -5.68. The first-order valence-corrected chi connectivity index (χ1v) is 9.11. The minimum atomic E-state index is -5.71. The standard InChI is InChI=1S/C19H15F6N5O/c1-17(2)10-7-26-15(28-14(10)29-16(17)31)13-11-4-3-9(20)8-30(11)12(27-13)5-6-18(21,22)19(23,24)25/h3-4,7-8H,5-6H2,1-2H3,(H,26,28,29,31). The van der Waals surface area contributed by atoms with Crippen LogP contribution >= 0.6 is 0 Å². The number of nitrogens with one attached hydrogen (secondary N) is 1. The number of anilines is 1. The SMILES string of the molecule is CC1(C)C(=O)Nc2nc(-c3nc(CCC(F)(F)C(F)(F)F)n4cc(F)ccc34)ncc21. The van der Waals surface area contributed by atoms with Crippen molar-refractivity contribution in [2.75, 3.05) is 5.32 Å². The van der Waals surface area contributed by atoms with Crippen LogP contribution in [0.25, 0.3) is 17.0 Å². The number of hydrogen-bond acceptors (Lipinski definition) is 4. The van der Waals surface area contributed by atoms with Crippen LogP contribution in [0, 0.1) is 5.82 Å². The Morgan fingerprint density at radius 2 is 1.84 bits per heavy atom. The van der Waals surface area contributed by atoms with E-state index in [1.54, 1.807) is 13.8 Å². The number of carbonyl (C=O) groups excluding carboxylic acids is 1. The molecule has 1 N–H and O–H groups in total. The van der Waals surface area contributed by atoms with Crippen molar-refractivity contribution in [1.82, 2.24) is 19.4 Å². The molecule has 0 aliphatic carbocycles.